The molecule has 1 fully saturated rings. The SMILES string of the molecule is C#C[C@H](CC(=O)OCc1ccccc1)NC(=O)CN1CCc2ccc(N3CCNCC3)cc2C1=O. The fourth-order valence-electron chi connectivity index (χ4n) is 4.31. The molecule has 0 spiro atoms. The first kappa shape index (κ1) is 24.3. The Kier molecular flexibility index (Phi) is 8.01. The van der Waals surface area contributed by atoms with Gasteiger partial charge in [0.05, 0.1) is 13.0 Å². The molecule has 182 valence electrons. The minimum Gasteiger partial charge on any atom is -0.461 e. The van der Waals surface area contributed by atoms with Crippen LogP contribution in [0.15, 0.2) is 48.5 Å². The van der Waals surface area contributed by atoms with E-state index in [0.29, 0.717) is 18.5 Å². The number of nitrogens with one attached hydrogen (secondary N) is 2. The van der Waals surface area contributed by atoms with E-state index in [9.17, 15) is 14.4 Å². The number of carbonyl (C=O) groups excluding carboxylic acids is 3. The normalized spacial score (nSPS) is 16.1. The smallest absolute Gasteiger partial charge is 0.309 e. The molecule has 8 heteroatoms. The van der Waals surface area contributed by atoms with Crippen molar-refractivity contribution in [1.82, 2.24) is 15.5 Å². The Morgan fingerprint density at radius 3 is 2.63 bits per heavy atom. The average molecular weight is 475 g/mol. The first-order valence-corrected chi connectivity index (χ1v) is 11.9. The summed E-state index contributed by atoms with van der Waals surface area (Å²) in [5, 5.41) is 5.99. The summed E-state index contributed by atoms with van der Waals surface area (Å²) in [6, 6.07) is 14.5. The zero-order valence-electron chi connectivity index (χ0n) is 19.7. The van der Waals surface area contributed by atoms with Crippen molar-refractivity contribution in [1.29, 1.82) is 0 Å². The summed E-state index contributed by atoms with van der Waals surface area (Å²) in [4.78, 5) is 41.7. The van der Waals surface area contributed by atoms with E-state index < -0.39 is 17.9 Å². The van der Waals surface area contributed by atoms with Crippen LogP contribution in [0, 0.1) is 12.3 Å². The van der Waals surface area contributed by atoms with Crippen LogP contribution < -0.4 is 15.5 Å². The monoisotopic (exact) mass is 474 g/mol. The van der Waals surface area contributed by atoms with Crippen molar-refractivity contribution >= 4 is 23.5 Å². The molecule has 0 aromatic heterocycles. The number of amides is 2. The largest absolute Gasteiger partial charge is 0.461 e. The highest BCUT2D eigenvalue weighted by Gasteiger charge is 2.27. The van der Waals surface area contributed by atoms with Crippen molar-refractivity contribution in [2.45, 2.75) is 25.5 Å². The van der Waals surface area contributed by atoms with Gasteiger partial charge in [0.1, 0.15) is 12.6 Å². The van der Waals surface area contributed by atoms with Crippen molar-refractivity contribution < 1.29 is 19.1 Å². The number of nitrogens with zero attached hydrogens (tertiary/aromatic N) is 2. The van der Waals surface area contributed by atoms with Crippen LogP contribution in [0.1, 0.15) is 27.9 Å². The Morgan fingerprint density at radius 2 is 1.89 bits per heavy atom. The fraction of sp³-hybridized carbons (Fsp3) is 0.370. The molecule has 2 aliphatic rings. The lowest BCUT2D eigenvalue weighted by molar-refractivity contribution is -0.145. The maximum Gasteiger partial charge on any atom is 0.309 e. The number of terminal acetylenes is 1. The number of piperazine rings is 1. The summed E-state index contributed by atoms with van der Waals surface area (Å²) in [5.74, 6) is 1.35. The van der Waals surface area contributed by atoms with Crippen molar-refractivity contribution in [3.05, 3.63) is 65.2 Å². The van der Waals surface area contributed by atoms with Crippen LogP contribution in [0.4, 0.5) is 5.69 Å². The molecule has 0 unspecified atom stereocenters. The summed E-state index contributed by atoms with van der Waals surface area (Å²) in [6.45, 7) is 4.07. The van der Waals surface area contributed by atoms with Gasteiger partial charge in [-0.05, 0) is 29.7 Å². The van der Waals surface area contributed by atoms with Crippen LogP contribution >= 0.6 is 0 Å². The van der Waals surface area contributed by atoms with Gasteiger partial charge in [0, 0.05) is 44.0 Å². The number of hydrogen-bond donors (Lipinski definition) is 2. The molecular formula is C27H30N4O4. The van der Waals surface area contributed by atoms with Gasteiger partial charge < -0.3 is 25.2 Å². The van der Waals surface area contributed by atoms with E-state index in [-0.39, 0.29) is 25.5 Å². The minimum atomic E-state index is -0.808. The number of hydrogen-bond acceptors (Lipinski definition) is 6. The molecule has 1 saturated heterocycles. The van der Waals surface area contributed by atoms with E-state index in [1.807, 2.05) is 42.5 Å². The molecule has 2 aromatic rings. The topological polar surface area (TPSA) is 91.0 Å². The molecule has 0 radical (unpaired) electrons. The molecule has 4 rings (SSSR count). The highest BCUT2D eigenvalue weighted by Crippen LogP contribution is 2.25. The summed E-state index contributed by atoms with van der Waals surface area (Å²) >= 11 is 0. The molecule has 0 aliphatic carbocycles. The summed E-state index contributed by atoms with van der Waals surface area (Å²) in [6.07, 6.45) is 6.07. The molecule has 1 atom stereocenters. The van der Waals surface area contributed by atoms with Crippen LogP contribution in [0.2, 0.25) is 0 Å². The van der Waals surface area contributed by atoms with Gasteiger partial charge in [-0.3, -0.25) is 14.4 Å². The van der Waals surface area contributed by atoms with Gasteiger partial charge in [-0.25, -0.2) is 0 Å². The molecule has 2 heterocycles. The van der Waals surface area contributed by atoms with Crippen molar-refractivity contribution in [2.24, 2.45) is 0 Å². The number of benzene rings is 2. The zero-order chi connectivity index (χ0) is 24.6. The van der Waals surface area contributed by atoms with Crippen molar-refractivity contribution in [3.63, 3.8) is 0 Å². The zero-order valence-corrected chi connectivity index (χ0v) is 19.7. The van der Waals surface area contributed by atoms with E-state index in [1.54, 1.807) is 0 Å². The Hall–Kier alpha value is -3.83. The van der Waals surface area contributed by atoms with Gasteiger partial charge in [-0.1, -0.05) is 42.3 Å². The van der Waals surface area contributed by atoms with Crippen molar-refractivity contribution in [2.75, 3.05) is 44.2 Å². The standard InChI is InChI=1S/C27H30N4O4/c1-2-22(16-26(33)35-19-20-6-4-3-5-7-20)29-25(32)18-31-13-10-21-8-9-23(17-24(21)27(31)34)30-14-11-28-12-15-30/h1,3-9,17,22,28H,10-16,18-19H2,(H,29,32)/t22-/m1/s1. The van der Waals surface area contributed by atoms with Gasteiger partial charge in [0.25, 0.3) is 5.91 Å². The summed E-state index contributed by atoms with van der Waals surface area (Å²) in [5.41, 5.74) is 3.52. The third-order valence-corrected chi connectivity index (χ3v) is 6.23. The van der Waals surface area contributed by atoms with Crippen LogP contribution in [0.25, 0.3) is 0 Å². The second kappa shape index (κ2) is 11.5. The third-order valence-electron chi connectivity index (χ3n) is 6.23. The molecule has 0 saturated carbocycles. The lowest BCUT2D eigenvalue weighted by atomic mass is 9.97. The lowest BCUT2D eigenvalue weighted by Crippen LogP contribution is -2.47. The minimum absolute atomic E-state index is 0.118. The van der Waals surface area contributed by atoms with E-state index >= 15 is 0 Å². The molecule has 2 amide bonds. The molecule has 2 N–H and O–H groups in total. The van der Waals surface area contributed by atoms with Crippen molar-refractivity contribution in [3.8, 4) is 12.3 Å². The average Bonchev–Trinajstić information content (AvgIpc) is 2.89. The van der Waals surface area contributed by atoms with E-state index in [2.05, 4.69) is 27.5 Å². The second-order valence-electron chi connectivity index (χ2n) is 8.69. The maximum absolute atomic E-state index is 13.1. The molecule has 2 aromatic carbocycles. The molecule has 2 aliphatic heterocycles. The number of esters is 1. The number of rotatable bonds is 8. The Labute approximate surface area is 205 Å². The lowest BCUT2D eigenvalue weighted by Gasteiger charge is -2.32. The van der Waals surface area contributed by atoms with Gasteiger partial charge >= 0.3 is 5.97 Å². The Bertz CT molecular complexity index is 1110. The Balaban J connectivity index is 1.30. The first-order chi connectivity index (χ1) is 17.0. The predicted molar refractivity (Wildman–Crippen MR) is 133 cm³/mol. The maximum atomic E-state index is 13.1. The van der Waals surface area contributed by atoms with Gasteiger partial charge in [0.2, 0.25) is 5.91 Å². The van der Waals surface area contributed by atoms with Crippen LogP contribution in [-0.4, -0.2) is 68.0 Å². The highest BCUT2D eigenvalue weighted by atomic mass is 16.5. The summed E-state index contributed by atoms with van der Waals surface area (Å²) in [7, 11) is 0. The third kappa shape index (κ3) is 6.40. The second-order valence-corrected chi connectivity index (χ2v) is 8.69. The molecule has 8 nitrogen and oxygen atoms in total. The molecule has 35 heavy (non-hydrogen) atoms. The predicted octanol–water partition coefficient (Wildman–Crippen LogP) is 1.35. The van der Waals surface area contributed by atoms with Gasteiger partial charge in [-0.15, -0.1) is 6.42 Å². The number of fused-ring (bicyclic) bond motifs is 1. The van der Waals surface area contributed by atoms with Gasteiger partial charge in [0.15, 0.2) is 0 Å². The quantitative estimate of drug-likeness (QED) is 0.443. The fourth-order valence-corrected chi connectivity index (χ4v) is 4.31. The van der Waals surface area contributed by atoms with Crippen LogP contribution in [0.3, 0.4) is 0 Å². The molecular weight excluding hydrogens is 444 g/mol. The Morgan fingerprint density at radius 1 is 1.11 bits per heavy atom. The number of ether oxygens (including phenoxy) is 1. The highest BCUT2D eigenvalue weighted by molar-refractivity contribution is 5.99. The summed E-state index contributed by atoms with van der Waals surface area (Å²) < 4.78 is 5.25. The molecule has 0 bridgehead atoms. The first-order valence-electron chi connectivity index (χ1n) is 11.9. The number of anilines is 1. The van der Waals surface area contributed by atoms with Crippen LogP contribution in [-0.2, 0) is 27.4 Å². The van der Waals surface area contributed by atoms with Crippen LogP contribution in [0.5, 0.6) is 0 Å². The van der Waals surface area contributed by atoms with E-state index in [0.717, 1.165) is 43.0 Å². The van der Waals surface area contributed by atoms with E-state index in [4.69, 9.17) is 11.2 Å². The number of carbonyl (C=O) groups is 3. The van der Waals surface area contributed by atoms with Gasteiger partial charge in [-0.2, -0.15) is 0 Å². The van der Waals surface area contributed by atoms with E-state index in [1.165, 1.54) is 4.90 Å².